The zero-order chi connectivity index (χ0) is 18.3. The van der Waals surface area contributed by atoms with Gasteiger partial charge in [0.15, 0.2) is 0 Å². The van der Waals surface area contributed by atoms with Gasteiger partial charge in [-0.15, -0.1) is 0 Å². The molecule has 0 unspecified atom stereocenters. The fraction of sp³-hybridized carbons (Fsp3) is 0.609. The van der Waals surface area contributed by atoms with Gasteiger partial charge in [0.1, 0.15) is 18.1 Å². The Kier molecular flexibility index (Phi) is 4.68. The van der Waals surface area contributed by atoms with E-state index in [0.29, 0.717) is 17.9 Å². The van der Waals surface area contributed by atoms with E-state index in [-0.39, 0.29) is 23.4 Å². The Morgan fingerprint density at radius 2 is 2.12 bits per heavy atom. The first-order valence-electron chi connectivity index (χ1n) is 10.2. The lowest BCUT2D eigenvalue weighted by Crippen LogP contribution is -2.86. The molecule has 1 saturated heterocycles. The van der Waals surface area contributed by atoms with Gasteiger partial charge in [-0.25, -0.2) is 0 Å². The maximum atomic E-state index is 12.6. The molecule has 0 amide bonds. The Hall–Kier alpha value is -1.61. The van der Waals surface area contributed by atoms with E-state index in [2.05, 4.69) is 50.0 Å². The Balaban J connectivity index is 1.45. The van der Waals surface area contributed by atoms with Gasteiger partial charge in [-0.3, -0.25) is 4.79 Å². The second kappa shape index (κ2) is 6.84. The summed E-state index contributed by atoms with van der Waals surface area (Å²) < 4.78 is 5.88. The molecule has 3 aliphatic rings. The third-order valence-electron chi connectivity index (χ3n) is 7.39. The highest BCUT2D eigenvalue weighted by atomic mass is 16.6. The zero-order valence-electron chi connectivity index (χ0n) is 16.1. The van der Waals surface area contributed by atoms with Crippen LogP contribution in [0.2, 0.25) is 0 Å². The minimum Gasteiger partial charge on any atom is -0.462 e. The summed E-state index contributed by atoms with van der Waals surface area (Å²) in [5.41, 5.74) is 3.01. The average molecular weight is 355 g/mol. The maximum absolute atomic E-state index is 12.6. The van der Waals surface area contributed by atoms with Crippen LogP contribution in [0.4, 0.5) is 0 Å². The van der Waals surface area contributed by atoms with Gasteiger partial charge in [-0.1, -0.05) is 49.4 Å². The van der Waals surface area contributed by atoms with Crippen molar-refractivity contribution in [3.8, 4) is 0 Å². The number of carbonyl (C=O) groups is 1. The molecule has 0 spiro atoms. The smallest absolute Gasteiger partial charge is 0.315 e. The molecule has 0 aromatic heterocycles. The topological polar surface area (TPSA) is 42.9 Å². The summed E-state index contributed by atoms with van der Waals surface area (Å²) in [6.45, 7) is 9.82. The molecular weight excluding hydrogens is 322 g/mol. The van der Waals surface area contributed by atoms with E-state index in [1.54, 1.807) is 0 Å². The van der Waals surface area contributed by atoms with E-state index in [1.807, 2.05) is 6.07 Å². The van der Waals surface area contributed by atoms with Gasteiger partial charge in [0, 0.05) is 11.5 Å². The number of rotatable bonds is 4. The number of fused-ring (bicyclic) bond motifs is 2. The lowest BCUT2D eigenvalue weighted by molar-refractivity contribution is -0.696. The number of nitrogens with two attached hydrogens (primary N) is 1. The third kappa shape index (κ3) is 3.11. The summed E-state index contributed by atoms with van der Waals surface area (Å²) in [6.07, 6.45) is 5.89. The van der Waals surface area contributed by atoms with Crippen molar-refractivity contribution in [1.29, 1.82) is 0 Å². The van der Waals surface area contributed by atoms with E-state index in [0.717, 1.165) is 25.8 Å². The molecule has 1 aromatic carbocycles. The fourth-order valence-electron chi connectivity index (χ4n) is 5.77. The van der Waals surface area contributed by atoms with Crippen molar-refractivity contribution in [2.45, 2.75) is 58.1 Å². The van der Waals surface area contributed by atoms with Gasteiger partial charge in [-0.2, -0.15) is 0 Å². The lowest BCUT2D eigenvalue weighted by Gasteiger charge is -2.49. The molecule has 1 aliphatic heterocycles. The number of hydrogen-bond acceptors (Lipinski definition) is 2. The average Bonchev–Trinajstić information content (AvgIpc) is 2.92. The van der Waals surface area contributed by atoms with Gasteiger partial charge in [-0.05, 0) is 50.4 Å². The number of ether oxygens (including phenoxy) is 1. The maximum Gasteiger partial charge on any atom is 0.315 e. The molecule has 1 aromatic rings. The summed E-state index contributed by atoms with van der Waals surface area (Å²) in [5, 5.41) is 2.31. The molecule has 2 saturated carbocycles. The molecule has 140 valence electrons. The van der Waals surface area contributed by atoms with E-state index in [4.69, 9.17) is 4.74 Å². The number of allylic oxidation sites excluding steroid dienone is 1. The Bertz CT molecular complexity index is 685. The van der Waals surface area contributed by atoms with Crippen LogP contribution in [-0.4, -0.2) is 18.6 Å². The van der Waals surface area contributed by atoms with Crippen LogP contribution >= 0.6 is 0 Å². The second-order valence-corrected chi connectivity index (χ2v) is 9.07. The van der Waals surface area contributed by atoms with Crippen molar-refractivity contribution in [2.24, 2.45) is 23.2 Å². The standard InChI is InChI=1S/C23H31NO2/c1-15-8-7-11-23(3)13-21-18(12-20(15)23)19(22(25)26-21)14-24-16(2)17-9-5-4-6-10-17/h4-6,9-10,16,18-21,24H,1,7-8,11-14H2,2-3H3/p+1/t16-,18+,19+,20+,21+,23+/m0/s1. The molecule has 2 aliphatic carbocycles. The SMILES string of the molecule is C=C1CCC[C@]2(C)C[C@H]3OC(=O)[C@H](C[NH2+][C@@H](C)c4ccccc4)[C@H]3C[C@H]12. The number of quaternary nitrogens is 1. The van der Waals surface area contributed by atoms with E-state index in [1.165, 1.54) is 24.0 Å². The van der Waals surface area contributed by atoms with Crippen molar-refractivity contribution in [1.82, 2.24) is 0 Å². The molecule has 3 nitrogen and oxygen atoms in total. The normalized spacial score (nSPS) is 37.6. The molecule has 4 rings (SSSR count). The molecule has 1 heterocycles. The lowest BCUT2D eigenvalue weighted by atomic mass is 9.55. The minimum absolute atomic E-state index is 0.0318. The van der Waals surface area contributed by atoms with Gasteiger partial charge in [0.2, 0.25) is 0 Å². The van der Waals surface area contributed by atoms with Crippen LogP contribution in [0.3, 0.4) is 0 Å². The summed E-state index contributed by atoms with van der Waals surface area (Å²) in [5.74, 6) is 1.01. The molecule has 0 radical (unpaired) electrons. The Morgan fingerprint density at radius 3 is 2.88 bits per heavy atom. The number of carbonyl (C=O) groups excluding carboxylic acids is 1. The molecular formula is C23H32NO2+. The van der Waals surface area contributed by atoms with Crippen molar-refractivity contribution in [3.63, 3.8) is 0 Å². The van der Waals surface area contributed by atoms with Gasteiger partial charge < -0.3 is 10.1 Å². The van der Waals surface area contributed by atoms with Gasteiger partial charge in [0.25, 0.3) is 0 Å². The van der Waals surface area contributed by atoms with Crippen molar-refractivity contribution in [2.75, 3.05) is 6.54 Å². The highest BCUT2D eigenvalue weighted by molar-refractivity contribution is 5.75. The predicted octanol–water partition coefficient (Wildman–Crippen LogP) is 3.63. The molecule has 0 bridgehead atoms. The van der Waals surface area contributed by atoms with Gasteiger partial charge in [0.05, 0.1) is 6.54 Å². The van der Waals surface area contributed by atoms with Crippen LogP contribution in [0.5, 0.6) is 0 Å². The van der Waals surface area contributed by atoms with Crippen molar-refractivity contribution in [3.05, 3.63) is 48.0 Å². The van der Waals surface area contributed by atoms with E-state index >= 15 is 0 Å². The molecule has 3 fully saturated rings. The minimum atomic E-state index is 0.0318. The van der Waals surface area contributed by atoms with E-state index in [9.17, 15) is 4.79 Å². The van der Waals surface area contributed by atoms with Crippen LogP contribution in [0.15, 0.2) is 42.5 Å². The van der Waals surface area contributed by atoms with E-state index < -0.39 is 0 Å². The third-order valence-corrected chi connectivity index (χ3v) is 7.39. The van der Waals surface area contributed by atoms with Crippen LogP contribution in [0, 0.1) is 23.2 Å². The molecule has 26 heavy (non-hydrogen) atoms. The summed E-state index contributed by atoms with van der Waals surface area (Å²) in [7, 11) is 0. The number of benzene rings is 1. The van der Waals surface area contributed by atoms with Crippen LogP contribution in [-0.2, 0) is 9.53 Å². The van der Waals surface area contributed by atoms with Crippen LogP contribution in [0.25, 0.3) is 0 Å². The Morgan fingerprint density at radius 1 is 1.35 bits per heavy atom. The molecule has 2 N–H and O–H groups in total. The van der Waals surface area contributed by atoms with Crippen LogP contribution < -0.4 is 5.32 Å². The number of hydrogen-bond donors (Lipinski definition) is 1. The predicted molar refractivity (Wildman–Crippen MR) is 102 cm³/mol. The Labute approximate surface area is 157 Å². The van der Waals surface area contributed by atoms with Gasteiger partial charge >= 0.3 is 5.97 Å². The van der Waals surface area contributed by atoms with Crippen molar-refractivity contribution < 1.29 is 14.8 Å². The largest absolute Gasteiger partial charge is 0.462 e. The first-order chi connectivity index (χ1) is 12.5. The zero-order valence-corrected chi connectivity index (χ0v) is 16.1. The highest BCUT2D eigenvalue weighted by Gasteiger charge is 2.55. The molecule has 3 heteroatoms. The first kappa shape index (κ1) is 17.8. The number of esters is 1. The summed E-state index contributed by atoms with van der Waals surface area (Å²) >= 11 is 0. The molecule has 6 atom stereocenters. The van der Waals surface area contributed by atoms with Crippen LogP contribution in [0.1, 0.15) is 57.6 Å². The fourth-order valence-corrected chi connectivity index (χ4v) is 5.77. The first-order valence-corrected chi connectivity index (χ1v) is 10.2. The summed E-state index contributed by atoms with van der Waals surface area (Å²) in [6, 6.07) is 10.9. The monoisotopic (exact) mass is 354 g/mol. The second-order valence-electron chi connectivity index (χ2n) is 9.07. The quantitative estimate of drug-likeness (QED) is 0.663. The summed E-state index contributed by atoms with van der Waals surface area (Å²) in [4.78, 5) is 12.6. The van der Waals surface area contributed by atoms with Crippen molar-refractivity contribution >= 4 is 5.97 Å². The highest BCUT2D eigenvalue weighted by Crippen LogP contribution is 2.56.